The Morgan fingerprint density at radius 3 is 2.71 bits per heavy atom. The molecule has 1 aromatic carbocycles. The highest BCUT2D eigenvalue weighted by molar-refractivity contribution is 9.10. The van der Waals surface area contributed by atoms with Crippen LogP contribution in [0.3, 0.4) is 0 Å². The number of pyridine rings is 2. The normalized spacial score (nSPS) is 19.4. The summed E-state index contributed by atoms with van der Waals surface area (Å²) < 4.78 is 4.80. The number of piperidine rings is 1. The molecule has 0 bridgehead atoms. The van der Waals surface area contributed by atoms with E-state index in [1.165, 1.54) is 29.1 Å². The lowest BCUT2D eigenvalue weighted by Gasteiger charge is -2.42. The number of hydrogen-bond donors (Lipinski definition) is 2. The quantitative estimate of drug-likeness (QED) is 0.145. The number of aryl methyl sites for hydroxylation is 3. The number of halogens is 3. The largest absolute Gasteiger partial charge is 0.354 e. The first-order valence-electron chi connectivity index (χ1n) is 15.1. The number of aromatic nitrogens is 4. The maximum atomic E-state index is 13.9. The van der Waals surface area contributed by atoms with Crippen molar-refractivity contribution in [1.82, 2.24) is 24.8 Å². The van der Waals surface area contributed by atoms with Crippen molar-refractivity contribution in [2.24, 2.45) is 5.92 Å². The van der Waals surface area contributed by atoms with Crippen LogP contribution in [0.5, 0.6) is 0 Å². The highest BCUT2D eigenvalue weighted by Crippen LogP contribution is 2.47. The fourth-order valence-electron chi connectivity index (χ4n) is 6.73. The molecule has 9 nitrogen and oxygen atoms in total. The Kier molecular flexibility index (Phi) is 9.87. The molecule has 1 aliphatic carbocycles. The van der Waals surface area contributed by atoms with Crippen LogP contribution in [0.4, 0.5) is 0 Å². The van der Waals surface area contributed by atoms with Crippen LogP contribution < -0.4 is 10.0 Å². The molecule has 1 fully saturated rings. The van der Waals surface area contributed by atoms with Gasteiger partial charge < -0.3 is 14.8 Å². The summed E-state index contributed by atoms with van der Waals surface area (Å²) in [4.78, 5) is 38.4. The van der Waals surface area contributed by atoms with Gasteiger partial charge in [-0.2, -0.15) is 0 Å². The summed E-state index contributed by atoms with van der Waals surface area (Å²) in [5.74, 6) is -0.268. The van der Waals surface area contributed by atoms with Gasteiger partial charge in [-0.05, 0) is 94.4 Å². The van der Waals surface area contributed by atoms with Crippen molar-refractivity contribution in [1.29, 1.82) is 0 Å². The molecule has 4 aromatic rings. The van der Waals surface area contributed by atoms with E-state index in [-0.39, 0.29) is 30.1 Å². The number of nitrogens with zero attached hydrogens (tertiary/aromatic N) is 5. The monoisotopic (exact) mass is 755 g/mol. The van der Waals surface area contributed by atoms with Gasteiger partial charge in [-0.1, -0.05) is 27.5 Å². The number of benzene rings is 1. The number of rotatable bonds is 8. The number of carbonyl (C=O) groups excluding carboxylic acids is 2. The number of nitrogens with one attached hydrogen (secondary N) is 1. The smallest absolute Gasteiger partial charge is 0.242 e. The summed E-state index contributed by atoms with van der Waals surface area (Å²) in [6.07, 6.45) is 14.0. The van der Waals surface area contributed by atoms with Gasteiger partial charge in [-0.15, -0.1) is 0 Å². The van der Waals surface area contributed by atoms with Gasteiger partial charge in [-0.25, -0.2) is 4.98 Å². The maximum absolute atomic E-state index is 13.9. The van der Waals surface area contributed by atoms with E-state index in [2.05, 4.69) is 54.3 Å². The van der Waals surface area contributed by atoms with Crippen LogP contribution >= 0.6 is 43.5 Å². The molecule has 4 heterocycles. The predicted octanol–water partition coefficient (Wildman–Crippen LogP) is 5.27. The average Bonchev–Trinajstić information content (AvgIpc) is 3.49. The number of carbonyl (C=O) groups is 2. The predicted molar refractivity (Wildman–Crippen MR) is 176 cm³/mol. The van der Waals surface area contributed by atoms with Crippen molar-refractivity contribution in [2.45, 2.75) is 57.0 Å². The third kappa shape index (κ3) is 7.26. The third-order valence-corrected chi connectivity index (χ3v) is 10.2. The summed E-state index contributed by atoms with van der Waals surface area (Å²) >= 11 is 14.0. The highest BCUT2D eigenvalue weighted by atomic mass is 79.9. The minimum atomic E-state index is -0.632. The minimum Gasteiger partial charge on any atom is -0.354 e. The molecule has 2 unspecified atom stereocenters. The number of likely N-dealkylation sites (tertiary alicyclic amines) is 1. The summed E-state index contributed by atoms with van der Waals surface area (Å²) in [6.45, 7) is 1.68. The first-order chi connectivity index (χ1) is 21.8. The van der Waals surface area contributed by atoms with E-state index in [0.717, 1.165) is 57.2 Å². The van der Waals surface area contributed by atoms with Crippen molar-refractivity contribution in [3.05, 3.63) is 110 Å². The molecule has 0 saturated carbocycles. The summed E-state index contributed by atoms with van der Waals surface area (Å²) in [5, 5.41) is 13.4. The summed E-state index contributed by atoms with van der Waals surface area (Å²) in [7, 11) is 0. The second-order valence-corrected chi connectivity index (χ2v) is 13.9. The van der Waals surface area contributed by atoms with E-state index in [4.69, 9.17) is 16.6 Å². The average molecular weight is 758 g/mol. The summed E-state index contributed by atoms with van der Waals surface area (Å²) in [5.41, 5.74) is 5.31. The van der Waals surface area contributed by atoms with Crippen LogP contribution in [-0.2, 0) is 35.4 Å². The lowest BCUT2D eigenvalue weighted by Crippen LogP contribution is -2.54. The van der Waals surface area contributed by atoms with Gasteiger partial charge in [0.1, 0.15) is 6.04 Å². The highest BCUT2D eigenvalue weighted by Gasteiger charge is 2.42. The molecule has 1 aliphatic heterocycles. The molecule has 45 heavy (non-hydrogen) atoms. The number of fused-ring (bicyclic) bond motifs is 2. The molecule has 3 aromatic heterocycles. The van der Waals surface area contributed by atoms with E-state index in [0.29, 0.717) is 24.5 Å². The van der Waals surface area contributed by atoms with Crippen molar-refractivity contribution < 1.29 is 19.5 Å². The molecular weight excluding hydrogens is 724 g/mol. The van der Waals surface area contributed by atoms with Gasteiger partial charge >= 0.3 is 0 Å². The first-order valence-corrected chi connectivity index (χ1v) is 17.1. The van der Waals surface area contributed by atoms with Crippen molar-refractivity contribution in [3.63, 3.8) is 0 Å². The Morgan fingerprint density at radius 1 is 1.13 bits per heavy atom. The topological polar surface area (TPSA) is 104 Å². The fraction of sp³-hybridized carbons (Fsp3) is 0.364. The van der Waals surface area contributed by atoms with E-state index in [1.54, 1.807) is 29.6 Å². The second kappa shape index (κ2) is 14.0. The number of amides is 2. The van der Waals surface area contributed by atoms with E-state index < -0.39 is 6.04 Å². The van der Waals surface area contributed by atoms with Crippen molar-refractivity contribution >= 4 is 55.3 Å². The molecule has 3 atom stereocenters. The van der Waals surface area contributed by atoms with Crippen LogP contribution in [0, 0.1) is 5.92 Å². The van der Waals surface area contributed by atoms with Crippen molar-refractivity contribution in [2.75, 3.05) is 13.1 Å². The van der Waals surface area contributed by atoms with Gasteiger partial charge in [0.15, 0.2) is 0 Å². The Balaban J connectivity index is 1.29. The van der Waals surface area contributed by atoms with Crippen LogP contribution in [0.25, 0.3) is 0 Å². The zero-order valence-electron chi connectivity index (χ0n) is 24.6. The number of hydrogen-bond acceptors (Lipinski definition) is 5. The number of imidazole rings is 1. The lowest BCUT2D eigenvalue weighted by molar-refractivity contribution is -0.904. The molecule has 6 rings (SSSR count). The van der Waals surface area contributed by atoms with Gasteiger partial charge in [0, 0.05) is 75.0 Å². The van der Waals surface area contributed by atoms with Crippen LogP contribution in [0.2, 0.25) is 5.02 Å². The Morgan fingerprint density at radius 2 is 1.93 bits per heavy atom. The van der Waals surface area contributed by atoms with Crippen LogP contribution in [0.1, 0.15) is 53.1 Å². The zero-order valence-corrected chi connectivity index (χ0v) is 28.5. The molecular formula is C33H34Br2ClN6O3+. The second-order valence-electron chi connectivity index (χ2n) is 11.7. The fourth-order valence-corrected chi connectivity index (χ4v) is 8.23. The van der Waals surface area contributed by atoms with E-state index in [1.807, 2.05) is 23.0 Å². The Hall–Kier alpha value is -3.28. The molecule has 2 amide bonds. The molecule has 234 valence electrons. The third-order valence-electron chi connectivity index (χ3n) is 8.84. The Bertz CT molecular complexity index is 1680. The molecule has 12 heteroatoms. The van der Waals surface area contributed by atoms with Gasteiger partial charge in [-0.3, -0.25) is 19.8 Å². The Labute approximate surface area is 283 Å². The minimum absolute atomic E-state index is 0.0579. The molecule has 1 saturated heterocycles. The maximum Gasteiger partial charge on any atom is 0.242 e. The van der Waals surface area contributed by atoms with E-state index in [9.17, 15) is 14.8 Å². The molecule has 2 aliphatic rings. The zero-order chi connectivity index (χ0) is 31.5. The van der Waals surface area contributed by atoms with Crippen molar-refractivity contribution in [3.8, 4) is 0 Å². The summed E-state index contributed by atoms with van der Waals surface area (Å²) in [6, 6.07) is 8.93. The molecule has 0 spiro atoms. The lowest BCUT2D eigenvalue weighted by atomic mass is 9.74. The van der Waals surface area contributed by atoms with Gasteiger partial charge in [0.25, 0.3) is 0 Å². The first kappa shape index (κ1) is 31.7. The SMILES string of the molecule is O=C(NCCCn1ccnc1)C1CC([C@H]2c3ncc(Br)cc3CCc3cc(Cl)cc(Br)c32)CCN1C(=O)Cc1cc[n+](O)cc1. The molecule has 0 radical (unpaired) electrons. The van der Waals surface area contributed by atoms with Crippen LogP contribution in [-0.4, -0.2) is 55.6 Å². The van der Waals surface area contributed by atoms with Gasteiger partial charge in [0.05, 0.1) is 18.4 Å². The van der Waals surface area contributed by atoms with Crippen LogP contribution in [0.15, 0.2) is 76.6 Å². The van der Waals surface area contributed by atoms with Gasteiger partial charge in [0.2, 0.25) is 24.2 Å². The molecule has 2 N–H and O–H groups in total. The van der Waals surface area contributed by atoms with E-state index >= 15 is 0 Å². The standard InChI is InChI=1S/C33H33Br2ClN6O3/c34-25-15-24-3-2-22-16-26(36)18-27(35)30(22)31(32(24)39-19-25)23-6-12-42(29(43)14-21-4-10-41(45)11-5-21)28(17-23)33(44)38-7-1-9-40-13-8-37-20-40/h4-5,8,10-11,13,15-16,18-20,23,28,31H,1-3,6-7,9,12,14,17H2,(H-,38,44,45)/p+1/t23?,28?,31-/m1/s1.